The molecule has 0 unspecified atom stereocenters. The lowest BCUT2D eigenvalue weighted by molar-refractivity contribution is -0.123. The maximum atomic E-state index is 12.0. The van der Waals surface area contributed by atoms with Crippen LogP contribution in [0.1, 0.15) is 38.3 Å². The topological polar surface area (TPSA) is 82.0 Å². The summed E-state index contributed by atoms with van der Waals surface area (Å²) in [6, 6.07) is 16.0. The first-order valence-electron chi connectivity index (χ1n) is 7.98. The van der Waals surface area contributed by atoms with Crippen LogP contribution in [0, 0.1) is 11.3 Å². The van der Waals surface area contributed by atoms with Gasteiger partial charge in [-0.1, -0.05) is 32.9 Å². The van der Waals surface area contributed by atoms with Gasteiger partial charge < -0.3 is 10.6 Å². The second-order valence-electron chi connectivity index (χ2n) is 6.79. The molecule has 0 bridgehead atoms. The van der Waals surface area contributed by atoms with E-state index in [2.05, 4.69) is 31.4 Å². The highest BCUT2D eigenvalue weighted by Crippen LogP contribution is 2.23. The summed E-state index contributed by atoms with van der Waals surface area (Å²) in [6.07, 6.45) is -0.277. The summed E-state index contributed by atoms with van der Waals surface area (Å²) >= 11 is 0. The van der Waals surface area contributed by atoms with Gasteiger partial charge in [-0.3, -0.25) is 9.59 Å². The molecular formula is C20H21N3O2. The summed E-state index contributed by atoms with van der Waals surface area (Å²) in [5.74, 6) is -0.789. The molecule has 0 saturated carbocycles. The second-order valence-corrected chi connectivity index (χ2v) is 6.79. The molecule has 0 radical (unpaired) electrons. The van der Waals surface area contributed by atoms with Gasteiger partial charge in [-0.2, -0.15) is 5.26 Å². The van der Waals surface area contributed by atoms with E-state index in [-0.39, 0.29) is 17.7 Å². The Morgan fingerprint density at radius 2 is 1.32 bits per heavy atom. The van der Waals surface area contributed by atoms with Crippen molar-refractivity contribution in [1.29, 1.82) is 5.26 Å². The van der Waals surface area contributed by atoms with Gasteiger partial charge >= 0.3 is 0 Å². The predicted molar refractivity (Wildman–Crippen MR) is 98.2 cm³/mol. The summed E-state index contributed by atoms with van der Waals surface area (Å²) in [6.45, 7) is 6.36. The Kier molecular flexibility index (Phi) is 5.56. The highest BCUT2D eigenvalue weighted by atomic mass is 16.2. The number of anilines is 2. The Morgan fingerprint density at radius 1 is 0.880 bits per heavy atom. The van der Waals surface area contributed by atoms with Crippen molar-refractivity contribution in [3.05, 3.63) is 59.7 Å². The molecule has 0 fully saturated rings. The van der Waals surface area contributed by atoms with Crippen LogP contribution in [0.25, 0.3) is 0 Å². The maximum Gasteiger partial charge on any atom is 0.233 e. The molecule has 2 rings (SSSR count). The molecule has 128 valence electrons. The highest BCUT2D eigenvalue weighted by molar-refractivity contribution is 6.08. The molecule has 0 aliphatic heterocycles. The predicted octanol–water partition coefficient (Wildman–Crippen LogP) is 3.82. The van der Waals surface area contributed by atoms with Gasteiger partial charge in [0.2, 0.25) is 11.8 Å². The third-order valence-electron chi connectivity index (χ3n) is 3.65. The number of hydrogen-bond donors (Lipinski definition) is 2. The lowest BCUT2D eigenvalue weighted by atomic mass is 9.87. The number of nitrogens with zero attached hydrogens (tertiary/aromatic N) is 1. The Labute approximate surface area is 147 Å². The van der Waals surface area contributed by atoms with Crippen LogP contribution in [0.15, 0.2) is 48.5 Å². The number of carbonyl (C=O) groups excluding carboxylic acids is 2. The van der Waals surface area contributed by atoms with Crippen molar-refractivity contribution in [2.75, 3.05) is 10.6 Å². The number of hydrogen-bond acceptors (Lipinski definition) is 3. The molecule has 2 aromatic carbocycles. The third-order valence-corrected chi connectivity index (χ3v) is 3.65. The molecule has 0 aromatic heterocycles. The van der Waals surface area contributed by atoms with Crippen LogP contribution in [0.2, 0.25) is 0 Å². The number of amides is 2. The SMILES string of the molecule is CC(C)(C)c1ccc(NC(=O)CC(=O)Nc2ccc(C#N)cc2)cc1. The first-order valence-corrected chi connectivity index (χ1v) is 7.98. The van der Waals surface area contributed by atoms with Crippen LogP contribution < -0.4 is 10.6 Å². The summed E-state index contributed by atoms with van der Waals surface area (Å²) in [5.41, 5.74) is 2.93. The largest absolute Gasteiger partial charge is 0.326 e. The number of carbonyl (C=O) groups is 2. The molecule has 2 N–H and O–H groups in total. The average molecular weight is 335 g/mol. The van der Waals surface area contributed by atoms with E-state index in [1.165, 1.54) is 5.56 Å². The molecule has 0 atom stereocenters. The number of rotatable bonds is 4. The normalized spacial score (nSPS) is 10.6. The smallest absolute Gasteiger partial charge is 0.233 e. The Bertz CT molecular complexity index is 795. The van der Waals surface area contributed by atoms with Crippen molar-refractivity contribution in [3.63, 3.8) is 0 Å². The molecule has 0 saturated heterocycles. The van der Waals surface area contributed by atoms with Gasteiger partial charge in [0.1, 0.15) is 6.42 Å². The summed E-state index contributed by atoms with van der Waals surface area (Å²) < 4.78 is 0. The molecule has 0 aliphatic carbocycles. The van der Waals surface area contributed by atoms with E-state index in [0.29, 0.717) is 16.9 Å². The second kappa shape index (κ2) is 7.63. The van der Waals surface area contributed by atoms with Crippen molar-refractivity contribution in [2.45, 2.75) is 32.6 Å². The first-order chi connectivity index (χ1) is 11.8. The fourth-order valence-corrected chi connectivity index (χ4v) is 2.24. The zero-order valence-corrected chi connectivity index (χ0v) is 14.6. The van der Waals surface area contributed by atoms with Crippen molar-refractivity contribution in [1.82, 2.24) is 0 Å². The van der Waals surface area contributed by atoms with E-state index in [4.69, 9.17) is 5.26 Å². The van der Waals surface area contributed by atoms with Crippen molar-refractivity contribution in [3.8, 4) is 6.07 Å². The Hall–Kier alpha value is -3.13. The fourth-order valence-electron chi connectivity index (χ4n) is 2.24. The van der Waals surface area contributed by atoms with Crippen LogP contribution in [0.3, 0.4) is 0 Å². The molecule has 0 aliphatic rings. The maximum absolute atomic E-state index is 12.0. The number of benzene rings is 2. The van der Waals surface area contributed by atoms with E-state index in [9.17, 15) is 9.59 Å². The van der Waals surface area contributed by atoms with Gasteiger partial charge in [0.05, 0.1) is 11.6 Å². The van der Waals surface area contributed by atoms with Crippen LogP contribution in [-0.2, 0) is 15.0 Å². The zero-order valence-electron chi connectivity index (χ0n) is 14.6. The van der Waals surface area contributed by atoms with Crippen LogP contribution in [0.5, 0.6) is 0 Å². The average Bonchev–Trinajstić information content (AvgIpc) is 2.55. The molecule has 2 amide bonds. The molecule has 2 aromatic rings. The van der Waals surface area contributed by atoms with Gasteiger partial charge in [-0.15, -0.1) is 0 Å². The zero-order chi connectivity index (χ0) is 18.4. The van der Waals surface area contributed by atoms with Gasteiger partial charge in [-0.05, 0) is 47.4 Å². The van der Waals surface area contributed by atoms with Gasteiger partial charge in [0, 0.05) is 11.4 Å². The lowest BCUT2D eigenvalue weighted by Gasteiger charge is -2.19. The lowest BCUT2D eigenvalue weighted by Crippen LogP contribution is -2.21. The van der Waals surface area contributed by atoms with Crippen LogP contribution in [-0.4, -0.2) is 11.8 Å². The Morgan fingerprint density at radius 3 is 1.72 bits per heavy atom. The Balaban J connectivity index is 1.88. The summed E-state index contributed by atoms with van der Waals surface area (Å²) in [7, 11) is 0. The molecule has 5 heteroatoms. The van der Waals surface area contributed by atoms with Gasteiger partial charge in [-0.25, -0.2) is 0 Å². The first kappa shape index (κ1) is 18.2. The molecule has 25 heavy (non-hydrogen) atoms. The van der Waals surface area contributed by atoms with Crippen molar-refractivity contribution >= 4 is 23.2 Å². The number of nitrogens with one attached hydrogen (secondary N) is 2. The number of nitriles is 1. The summed E-state index contributed by atoms with van der Waals surface area (Å²) in [4.78, 5) is 23.9. The van der Waals surface area contributed by atoms with Gasteiger partial charge in [0.25, 0.3) is 0 Å². The van der Waals surface area contributed by atoms with E-state index >= 15 is 0 Å². The van der Waals surface area contributed by atoms with E-state index < -0.39 is 5.91 Å². The fraction of sp³-hybridized carbons (Fsp3) is 0.250. The summed E-state index contributed by atoms with van der Waals surface area (Å²) in [5, 5.41) is 14.1. The third kappa shape index (κ3) is 5.47. The monoisotopic (exact) mass is 335 g/mol. The minimum absolute atomic E-state index is 0.0452. The minimum Gasteiger partial charge on any atom is -0.326 e. The standard InChI is InChI=1S/C20H21N3O2/c1-20(2,3)15-6-10-17(11-7-15)23-19(25)12-18(24)22-16-8-4-14(13-21)5-9-16/h4-11H,12H2,1-3H3,(H,22,24)(H,23,25). The van der Waals surface area contributed by atoms with Crippen molar-refractivity contribution in [2.24, 2.45) is 0 Å². The minimum atomic E-state index is -0.409. The van der Waals surface area contributed by atoms with Crippen molar-refractivity contribution < 1.29 is 9.59 Å². The quantitative estimate of drug-likeness (QED) is 0.833. The van der Waals surface area contributed by atoms with Crippen LogP contribution >= 0.6 is 0 Å². The molecule has 5 nitrogen and oxygen atoms in total. The highest BCUT2D eigenvalue weighted by Gasteiger charge is 2.14. The van der Waals surface area contributed by atoms with Gasteiger partial charge in [0.15, 0.2) is 0 Å². The van der Waals surface area contributed by atoms with E-state index in [1.54, 1.807) is 24.3 Å². The van der Waals surface area contributed by atoms with E-state index in [0.717, 1.165) is 0 Å². The molecule has 0 heterocycles. The van der Waals surface area contributed by atoms with E-state index in [1.807, 2.05) is 30.3 Å². The molecular weight excluding hydrogens is 314 g/mol. The molecule has 0 spiro atoms. The van der Waals surface area contributed by atoms with Crippen LogP contribution in [0.4, 0.5) is 11.4 Å².